The molecule has 100 valence electrons. The Balaban J connectivity index is 2.20. The Kier molecular flexibility index (Phi) is 3.64. The van der Waals surface area contributed by atoms with Crippen molar-refractivity contribution in [3.8, 4) is 0 Å². The van der Waals surface area contributed by atoms with Crippen LogP contribution in [0.5, 0.6) is 0 Å². The maximum atomic E-state index is 13.8. The Morgan fingerprint density at radius 1 is 1.11 bits per heavy atom. The first-order valence-electron chi connectivity index (χ1n) is 5.71. The molecule has 0 aromatic heterocycles. The third-order valence-corrected chi connectivity index (χ3v) is 2.85. The number of nitrogens with two attached hydrogens (primary N) is 1. The van der Waals surface area contributed by atoms with Crippen LogP contribution in [0, 0.1) is 24.4 Å². The monoisotopic (exact) mass is 266 g/mol. The molecule has 0 heterocycles. The van der Waals surface area contributed by atoms with Gasteiger partial charge in [0.1, 0.15) is 17.3 Å². The van der Waals surface area contributed by atoms with Crippen molar-refractivity contribution in [2.24, 2.45) is 0 Å². The molecule has 0 atom stereocenters. The van der Waals surface area contributed by atoms with E-state index in [9.17, 15) is 13.2 Å². The van der Waals surface area contributed by atoms with Crippen LogP contribution in [-0.4, -0.2) is 0 Å². The lowest BCUT2D eigenvalue weighted by atomic mass is 10.1. The van der Waals surface area contributed by atoms with E-state index >= 15 is 0 Å². The molecule has 2 nitrogen and oxygen atoms in total. The van der Waals surface area contributed by atoms with Crippen molar-refractivity contribution in [2.45, 2.75) is 13.5 Å². The topological polar surface area (TPSA) is 38.0 Å². The zero-order chi connectivity index (χ0) is 14.0. The molecular formula is C14H13F3N2. The maximum absolute atomic E-state index is 13.8. The van der Waals surface area contributed by atoms with Crippen LogP contribution >= 0.6 is 0 Å². The van der Waals surface area contributed by atoms with E-state index in [-0.39, 0.29) is 23.7 Å². The van der Waals surface area contributed by atoms with Gasteiger partial charge in [-0.25, -0.2) is 13.2 Å². The summed E-state index contributed by atoms with van der Waals surface area (Å²) in [6, 6.07) is 6.82. The summed E-state index contributed by atoms with van der Waals surface area (Å²) in [6.45, 7) is 1.71. The second kappa shape index (κ2) is 5.22. The Morgan fingerprint density at radius 3 is 2.37 bits per heavy atom. The van der Waals surface area contributed by atoms with Crippen molar-refractivity contribution >= 4 is 11.4 Å². The fourth-order valence-corrected chi connectivity index (χ4v) is 1.71. The predicted molar refractivity (Wildman–Crippen MR) is 69.2 cm³/mol. The normalized spacial score (nSPS) is 10.5. The van der Waals surface area contributed by atoms with Gasteiger partial charge >= 0.3 is 0 Å². The summed E-state index contributed by atoms with van der Waals surface area (Å²) in [5.74, 6) is -1.87. The molecule has 0 aliphatic rings. The number of rotatable bonds is 3. The molecule has 0 saturated heterocycles. The van der Waals surface area contributed by atoms with E-state index in [0.717, 1.165) is 0 Å². The number of benzene rings is 2. The molecular weight excluding hydrogens is 253 g/mol. The Labute approximate surface area is 109 Å². The van der Waals surface area contributed by atoms with Gasteiger partial charge in [-0.2, -0.15) is 0 Å². The Morgan fingerprint density at radius 2 is 1.74 bits per heavy atom. The van der Waals surface area contributed by atoms with Gasteiger partial charge in [0.05, 0.1) is 5.69 Å². The molecule has 0 spiro atoms. The molecule has 0 unspecified atom stereocenters. The van der Waals surface area contributed by atoms with Gasteiger partial charge in [-0.15, -0.1) is 0 Å². The molecule has 3 N–H and O–H groups in total. The molecule has 2 aromatic carbocycles. The summed E-state index contributed by atoms with van der Waals surface area (Å²) in [4.78, 5) is 0. The molecule has 0 radical (unpaired) electrons. The van der Waals surface area contributed by atoms with Gasteiger partial charge in [-0.3, -0.25) is 0 Å². The van der Waals surface area contributed by atoms with E-state index in [2.05, 4.69) is 5.32 Å². The van der Waals surface area contributed by atoms with Gasteiger partial charge in [0.15, 0.2) is 5.82 Å². The summed E-state index contributed by atoms with van der Waals surface area (Å²) < 4.78 is 40.2. The highest BCUT2D eigenvalue weighted by molar-refractivity contribution is 5.61. The van der Waals surface area contributed by atoms with Gasteiger partial charge in [0, 0.05) is 6.54 Å². The largest absolute Gasteiger partial charge is 0.396 e. The lowest BCUT2D eigenvalue weighted by Gasteiger charge is -2.12. The number of aryl methyl sites for hydroxylation is 1. The fraction of sp³-hybridized carbons (Fsp3) is 0.143. The molecule has 5 heteroatoms. The van der Waals surface area contributed by atoms with Gasteiger partial charge < -0.3 is 11.1 Å². The van der Waals surface area contributed by atoms with Crippen LogP contribution in [0.2, 0.25) is 0 Å². The van der Waals surface area contributed by atoms with Crippen LogP contribution < -0.4 is 11.1 Å². The van der Waals surface area contributed by atoms with Gasteiger partial charge in [-0.05, 0) is 36.2 Å². The molecule has 0 amide bonds. The molecule has 0 saturated carbocycles. The smallest absolute Gasteiger partial charge is 0.172 e. The van der Waals surface area contributed by atoms with Crippen molar-refractivity contribution in [3.05, 3.63) is 58.9 Å². The average molecular weight is 266 g/mol. The third-order valence-electron chi connectivity index (χ3n) is 2.85. The second-order valence-corrected chi connectivity index (χ2v) is 4.26. The number of nitrogen functional groups attached to an aromatic ring is 1. The summed E-state index contributed by atoms with van der Waals surface area (Å²) in [6.07, 6.45) is 0. The molecule has 0 bridgehead atoms. The van der Waals surface area contributed by atoms with E-state index in [1.54, 1.807) is 0 Å². The quantitative estimate of drug-likeness (QED) is 0.833. The molecule has 0 aliphatic heterocycles. The zero-order valence-electron chi connectivity index (χ0n) is 10.3. The number of nitrogens with one attached hydrogen (secondary N) is 1. The van der Waals surface area contributed by atoms with Crippen molar-refractivity contribution in [2.75, 3.05) is 11.1 Å². The van der Waals surface area contributed by atoms with Gasteiger partial charge in [0.25, 0.3) is 0 Å². The highest BCUT2D eigenvalue weighted by Crippen LogP contribution is 2.27. The van der Waals surface area contributed by atoms with E-state index in [1.807, 2.05) is 0 Å². The first-order chi connectivity index (χ1) is 8.99. The molecule has 0 aliphatic carbocycles. The lowest BCUT2D eigenvalue weighted by molar-refractivity contribution is 0.589. The first-order valence-corrected chi connectivity index (χ1v) is 5.71. The number of hydrogen-bond acceptors (Lipinski definition) is 2. The zero-order valence-corrected chi connectivity index (χ0v) is 10.3. The van der Waals surface area contributed by atoms with Crippen molar-refractivity contribution in [1.82, 2.24) is 0 Å². The molecule has 19 heavy (non-hydrogen) atoms. The maximum Gasteiger partial charge on any atom is 0.172 e. The third kappa shape index (κ3) is 2.81. The van der Waals surface area contributed by atoms with Crippen LogP contribution in [0.3, 0.4) is 0 Å². The van der Waals surface area contributed by atoms with Gasteiger partial charge in [0.2, 0.25) is 0 Å². The fourth-order valence-electron chi connectivity index (χ4n) is 1.71. The van der Waals surface area contributed by atoms with Gasteiger partial charge in [-0.1, -0.05) is 12.1 Å². The Bertz CT molecular complexity index is 595. The van der Waals surface area contributed by atoms with Crippen LogP contribution in [0.4, 0.5) is 24.5 Å². The van der Waals surface area contributed by atoms with Crippen LogP contribution in [0.25, 0.3) is 0 Å². The summed E-state index contributed by atoms with van der Waals surface area (Å²) >= 11 is 0. The number of hydrogen-bond donors (Lipinski definition) is 2. The van der Waals surface area contributed by atoms with Crippen LogP contribution in [0.1, 0.15) is 11.1 Å². The summed E-state index contributed by atoms with van der Waals surface area (Å²) in [5.41, 5.74) is 6.21. The average Bonchev–Trinajstić information content (AvgIpc) is 2.38. The van der Waals surface area contributed by atoms with Crippen LogP contribution in [-0.2, 0) is 6.54 Å². The van der Waals surface area contributed by atoms with Crippen molar-refractivity contribution in [3.63, 3.8) is 0 Å². The second-order valence-electron chi connectivity index (χ2n) is 4.26. The van der Waals surface area contributed by atoms with E-state index in [0.29, 0.717) is 11.1 Å². The van der Waals surface area contributed by atoms with Crippen molar-refractivity contribution in [1.29, 1.82) is 0 Å². The predicted octanol–water partition coefficient (Wildman–Crippen LogP) is 3.61. The highest BCUT2D eigenvalue weighted by Gasteiger charge is 2.14. The SMILES string of the molecule is Cc1cc(F)c(NCc2ccc(F)cc2)c(F)c1N. The highest BCUT2D eigenvalue weighted by atomic mass is 19.1. The summed E-state index contributed by atoms with van der Waals surface area (Å²) in [5, 5.41) is 2.63. The van der Waals surface area contributed by atoms with Crippen LogP contribution in [0.15, 0.2) is 30.3 Å². The summed E-state index contributed by atoms with van der Waals surface area (Å²) in [7, 11) is 0. The number of halogens is 3. The Hall–Kier alpha value is -2.17. The minimum Gasteiger partial charge on any atom is -0.396 e. The van der Waals surface area contributed by atoms with E-state index in [1.165, 1.54) is 37.3 Å². The minimum atomic E-state index is -0.806. The molecule has 2 aromatic rings. The minimum absolute atomic E-state index is 0.0805. The first kappa shape index (κ1) is 13.3. The lowest BCUT2D eigenvalue weighted by Crippen LogP contribution is -2.07. The van der Waals surface area contributed by atoms with E-state index in [4.69, 9.17) is 5.73 Å². The standard InChI is InChI=1S/C14H13F3N2/c1-8-6-11(16)14(12(17)13(8)18)19-7-9-2-4-10(15)5-3-9/h2-6,19H,7,18H2,1H3. The van der Waals surface area contributed by atoms with Crippen molar-refractivity contribution < 1.29 is 13.2 Å². The van der Waals surface area contributed by atoms with E-state index < -0.39 is 11.6 Å². The molecule has 2 rings (SSSR count). The molecule has 0 fully saturated rings. The number of anilines is 2.